The van der Waals surface area contributed by atoms with Crippen LogP contribution in [0.15, 0.2) is 69.5 Å². The molecule has 0 amide bonds. The van der Waals surface area contributed by atoms with E-state index < -0.39 is 5.92 Å². The molecule has 0 atom stereocenters. The lowest BCUT2D eigenvalue weighted by molar-refractivity contribution is -0.119. The number of methoxy groups -OCH3 is 1. The third kappa shape index (κ3) is 5.84. The average molecular weight is 647 g/mol. The van der Waals surface area contributed by atoms with Gasteiger partial charge in [-0.25, -0.2) is 0 Å². The average Bonchev–Trinajstić information content (AvgIpc) is 2.95. The highest BCUT2D eigenvalue weighted by Crippen LogP contribution is 2.56. The third-order valence-electron chi connectivity index (χ3n) is 9.70. The Morgan fingerprint density at radius 1 is 0.837 bits per heavy atom. The molecule has 2 aromatic carbocycles. The molecule has 0 bridgehead atoms. The van der Waals surface area contributed by atoms with Gasteiger partial charge in [0.15, 0.2) is 23.1 Å². The molecule has 43 heavy (non-hydrogen) atoms. The first kappa shape index (κ1) is 30.2. The maximum Gasteiger partial charge on any atom is 0.175 e. The molecule has 4 aliphatic rings. The molecule has 0 spiro atoms. The number of nitrogens with zero attached hydrogens (tertiary/aromatic N) is 1. The van der Waals surface area contributed by atoms with E-state index in [1.807, 2.05) is 42.5 Å². The number of ketones is 2. The highest BCUT2D eigenvalue weighted by atomic mass is 79.9. The van der Waals surface area contributed by atoms with Gasteiger partial charge in [0.05, 0.1) is 11.6 Å². The molecule has 5 nitrogen and oxygen atoms in total. The minimum absolute atomic E-state index is 0.132. The summed E-state index contributed by atoms with van der Waals surface area (Å²) in [6.45, 7) is 9.24. The quantitative estimate of drug-likeness (QED) is 0.314. The highest BCUT2D eigenvalue weighted by Gasteiger charge is 2.50. The van der Waals surface area contributed by atoms with Gasteiger partial charge in [0, 0.05) is 47.3 Å². The molecule has 0 N–H and O–H groups in total. The van der Waals surface area contributed by atoms with E-state index in [2.05, 4.69) is 48.5 Å². The standard InChI is InChI=1S/C37H44BrNO4/c1-36(2)18-27-33(29(40)20-36)32(24-16-26(38)35(31(17-24)42-5)43-22-23-12-8-6-9-13-23)34-28(19-37(3,4)21-30(34)41)39(27)25-14-10-7-11-15-25/h6,8-9,12-13,16-17,25,32H,7,10-11,14-15,18-22H2,1-5H3. The normalized spacial score (nSPS) is 22.4. The predicted octanol–water partition coefficient (Wildman–Crippen LogP) is 9.06. The van der Waals surface area contributed by atoms with Gasteiger partial charge in [-0.2, -0.15) is 0 Å². The number of carbonyl (C=O) groups excluding carboxylic acids is 2. The van der Waals surface area contributed by atoms with Crippen molar-refractivity contribution in [1.29, 1.82) is 0 Å². The summed E-state index contributed by atoms with van der Waals surface area (Å²) in [5.74, 6) is 1.13. The zero-order valence-electron chi connectivity index (χ0n) is 26.2. The van der Waals surface area contributed by atoms with E-state index in [0.29, 0.717) is 37.0 Å². The number of rotatable bonds is 6. The first-order valence-corrected chi connectivity index (χ1v) is 16.6. The Morgan fingerprint density at radius 3 is 1.98 bits per heavy atom. The van der Waals surface area contributed by atoms with Crippen molar-refractivity contribution in [2.45, 2.75) is 104 Å². The van der Waals surface area contributed by atoms with E-state index in [1.165, 1.54) is 19.3 Å². The summed E-state index contributed by atoms with van der Waals surface area (Å²) in [6.07, 6.45) is 8.50. The third-order valence-corrected chi connectivity index (χ3v) is 10.3. The zero-order chi connectivity index (χ0) is 30.5. The summed E-state index contributed by atoms with van der Waals surface area (Å²) in [4.78, 5) is 31.0. The SMILES string of the molecule is COc1cc(C2C3=C(CC(C)(C)CC3=O)N(C3CCCCC3)C3=C2C(=O)CC(C)(C)C3)cc(Br)c1OCc1ccccc1. The summed E-state index contributed by atoms with van der Waals surface area (Å²) in [7, 11) is 1.64. The second-order valence-corrected chi connectivity index (χ2v) is 15.4. The van der Waals surface area contributed by atoms with Crippen molar-refractivity contribution < 1.29 is 19.1 Å². The fraction of sp³-hybridized carbons (Fsp3) is 0.514. The highest BCUT2D eigenvalue weighted by molar-refractivity contribution is 9.10. The van der Waals surface area contributed by atoms with Crippen molar-refractivity contribution >= 4 is 27.5 Å². The van der Waals surface area contributed by atoms with Crippen LogP contribution in [0.3, 0.4) is 0 Å². The summed E-state index contributed by atoms with van der Waals surface area (Å²) in [5.41, 5.74) is 5.65. The maximum absolute atomic E-state index is 14.2. The van der Waals surface area contributed by atoms with Gasteiger partial charge >= 0.3 is 0 Å². The van der Waals surface area contributed by atoms with Crippen molar-refractivity contribution in [3.05, 3.63) is 80.6 Å². The van der Waals surface area contributed by atoms with Crippen LogP contribution in [-0.2, 0) is 16.2 Å². The minimum atomic E-state index is -0.412. The molecular weight excluding hydrogens is 602 g/mol. The molecule has 3 aliphatic carbocycles. The Hall–Kier alpha value is -2.86. The predicted molar refractivity (Wildman–Crippen MR) is 173 cm³/mol. The largest absolute Gasteiger partial charge is 0.493 e. The molecule has 1 saturated carbocycles. The van der Waals surface area contributed by atoms with Crippen LogP contribution in [0.2, 0.25) is 0 Å². The monoisotopic (exact) mass is 645 g/mol. The lowest BCUT2D eigenvalue weighted by atomic mass is 9.63. The summed E-state index contributed by atoms with van der Waals surface area (Å²) in [5, 5.41) is 0. The van der Waals surface area contributed by atoms with Gasteiger partial charge in [-0.05, 0) is 75.7 Å². The van der Waals surface area contributed by atoms with Crippen LogP contribution in [-0.4, -0.2) is 29.6 Å². The summed E-state index contributed by atoms with van der Waals surface area (Å²) >= 11 is 3.78. The van der Waals surface area contributed by atoms with E-state index in [9.17, 15) is 9.59 Å². The number of Topliss-reactive ketones (excluding diaryl/α,β-unsaturated/α-hetero) is 2. The van der Waals surface area contributed by atoms with Crippen LogP contribution in [0.25, 0.3) is 0 Å². The Balaban J connectivity index is 1.51. The van der Waals surface area contributed by atoms with E-state index in [1.54, 1.807) is 7.11 Å². The Bertz CT molecular complexity index is 1440. The van der Waals surface area contributed by atoms with Crippen LogP contribution < -0.4 is 9.47 Å². The van der Waals surface area contributed by atoms with Crippen LogP contribution in [0.5, 0.6) is 11.5 Å². The summed E-state index contributed by atoms with van der Waals surface area (Å²) < 4.78 is 12.9. The number of halogens is 1. The lowest BCUT2D eigenvalue weighted by Gasteiger charge is -2.52. The van der Waals surface area contributed by atoms with E-state index in [4.69, 9.17) is 9.47 Å². The van der Waals surface area contributed by atoms with Crippen molar-refractivity contribution in [2.75, 3.05) is 7.11 Å². The molecule has 2 aromatic rings. The number of benzene rings is 2. The second kappa shape index (κ2) is 11.6. The number of carbonyl (C=O) groups is 2. The Labute approximate surface area is 264 Å². The number of ether oxygens (including phenoxy) is 2. The second-order valence-electron chi connectivity index (χ2n) is 14.5. The number of hydrogen-bond donors (Lipinski definition) is 0. The molecule has 6 rings (SSSR count). The molecule has 1 fully saturated rings. The van der Waals surface area contributed by atoms with Crippen LogP contribution in [0.1, 0.15) is 103 Å². The molecule has 0 saturated heterocycles. The smallest absolute Gasteiger partial charge is 0.175 e. The Kier molecular flexibility index (Phi) is 8.12. The van der Waals surface area contributed by atoms with Gasteiger partial charge in [0.1, 0.15) is 6.61 Å². The first-order valence-electron chi connectivity index (χ1n) is 15.8. The summed E-state index contributed by atoms with van der Waals surface area (Å²) in [6, 6.07) is 14.4. The molecule has 1 aliphatic heterocycles. The fourth-order valence-corrected chi connectivity index (χ4v) is 8.46. The topological polar surface area (TPSA) is 55.8 Å². The number of allylic oxidation sites excluding steroid dienone is 4. The van der Waals surface area contributed by atoms with Crippen molar-refractivity contribution in [1.82, 2.24) is 4.90 Å². The number of hydrogen-bond acceptors (Lipinski definition) is 5. The Morgan fingerprint density at radius 2 is 1.42 bits per heavy atom. The van der Waals surface area contributed by atoms with Gasteiger partial charge in [0.2, 0.25) is 0 Å². The molecular formula is C37H44BrNO4. The van der Waals surface area contributed by atoms with E-state index >= 15 is 0 Å². The van der Waals surface area contributed by atoms with Gasteiger partial charge in [0.25, 0.3) is 0 Å². The van der Waals surface area contributed by atoms with Gasteiger partial charge < -0.3 is 14.4 Å². The first-order chi connectivity index (χ1) is 20.5. The maximum atomic E-state index is 14.2. The van der Waals surface area contributed by atoms with Crippen LogP contribution in [0, 0.1) is 10.8 Å². The van der Waals surface area contributed by atoms with Gasteiger partial charge in [-0.15, -0.1) is 0 Å². The lowest BCUT2D eigenvalue weighted by Crippen LogP contribution is -2.48. The molecule has 0 unspecified atom stereocenters. The molecule has 6 heteroatoms. The molecule has 228 valence electrons. The van der Waals surface area contributed by atoms with Crippen molar-refractivity contribution in [3.8, 4) is 11.5 Å². The van der Waals surface area contributed by atoms with E-state index in [0.717, 1.165) is 63.8 Å². The molecule has 0 radical (unpaired) electrons. The molecule has 1 heterocycles. The van der Waals surface area contributed by atoms with Crippen molar-refractivity contribution in [3.63, 3.8) is 0 Å². The fourth-order valence-electron chi connectivity index (χ4n) is 7.89. The van der Waals surface area contributed by atoms with Gasteiger partial charge in [-0.3, -0.25) is 9.59 Å². The van der Waals surface area contributed by atoms with E-state index in [-0.39, 0.29) is 22.4 Å². The van der Waals surface area contributed by atoms with Crippen LogP contribution in [0.4, 0.5) is 0 Å². The van der Waals surface area contributed by atoms with Crippen LogP contribution >= 0.6 is 15.9 Å². The zero-order valence-corrected chi connectivity index (χ0v) is 27.8. The minimum Gasteiger partial charge on any atom is -0.493 e. The van der Waals surface area contributed by atoms with Crippen molar-refractivity contribution in [2.24, 2.45) is 10.8 Å². The molecule has 0 aromatic heterocycles. The van der Waals surface area contributed by atoms with Gasteiger partial charge in [-0.1, -0.05) is 77.3 Å².